The Hall–Kier alpha value is -1.46. The molecule has 0 aliphatic heterocycles. The lowest BCUT2D eigenvalue weighted by atomic mass is 10.1. The third-order valence-electron chi connectivity index (χ3n) is 2.65. The Morgan fingerprint density at radius 2 is 2.16 bits per heavy atom. The summed E-state index contributed by atoms with van der Waals surface area (Å²) in [6, 6.07) is 7.74. The van der Waals surface area contributed by atoms with Crippen LogP contribution in [0.15, 0.2) is 34.9 Å². The molecule has 1 aromatic heterocycles. The second-order valence-corrected chi connectivity index (χ2v) is 5.30. The summed E-state index contributed by atoms with van der Waals surface area (Å²) in [5.41, 5.74) is 7.55. The van der Waals surface area contributed by atoms with E-state index in [9.17, 15) is 0 Å². The third kappa shape index (κ3) is 3.52. The molecule has 2 aromatic rings. The van der Waals surface area contributed by atoms with Crippen LogP contribution in [0.2, 0.25) is 0 Å². The highest BCUT2D eigenvalue weighted by atomic mass is 79.9. The number of ether oxygens (including phenoxy) is 1. The van der Waals surface area contributed by atoms with Gasteiger partial charge in [0.1, 0.15) is 11.6 Å². The SMILES string of the molecule is COc1ccc(Br)cc1-c1ccnc(CC(C)N)n1. The van der Waals surface area contributed by atoms with Crippen LogP contribution in [-0.2, 0) is 6.42 Å². The normalized spacial score (nSPS) is 12.2. The summed E-state index contributed by atoms with van der Waals surface area (Å²) in [5, 5.41) is 0. The minimum Gasteiger partial charge on any atom is -0.496 e. The van der Waals surface area contributed by atoms with E-state index in [1.54, 1.807) is 13.3 Å². The lowest BCUT2D eigenvalue weighted by Gasteiger charge is -2.10. The maximum Gasteiger partial charge on any atom is 0.130 e. The van der Waals surface area contributed by atoms with E-state index in [1.165, 1.54) is 0 Å². The summed E-state index contributed by atoms with van der Waals surface area (Å²) in [6.07, 6.45) is 2.41. The average Bonchev–Trinajstić information content (AvgIpc) is 2.38. The molecule has 0 saturated heterocycles. The zero-order valence-corrected chi connectivity index (χ0v) is 12.5. The van der Waals surface area contributed by atoms with Gasteiger partial charge in [-0.15, -0.1) is 0 Å². The largest absolute Gasteiger partial charge is 0.496 e. The van der Waals surface area contributed by atoms with Gasteiger partial charge in [-0.25, -0.2) is 9.97 Å². The summed E-state index contributed by atoms with van der Waals surface area (Å²) < 4.78 is 6.35. The molecule has 4 nitrogen and oxygen atoms in total. The lowest BCUT2D eigenvalue weighted by Crippen LogP contribution is -2.19. The number of hydrogen-bond acceptors (Lipinski definition) is 4. The van der Waals surface area contributed by atoms with Gasteiger partial charge >= 0.3 is 0 Å². The molecule has 0 saturated carbocycles. The van der Waals surface area contributed by atoms with Gasteiger partial charge in [0.25, 0.3) is 0 Å². The van der Waals surface area contributed by atoms with Crippen molar-refractivity contribution in [1.29, 1.82) is 0 Å². The van der Waals surface area contributed by atoms with Crippen molar-refractivity contribution < 1.29 is 4.74 Å². The molecule has 19 heavy (non-hydrogen) atoms. The van der Waals surface area contributed by atoms with Crippen LogP contribution in [-0.4, -0.2) is 23.1 Å². The Morgan fingerprint density at radius 1 is 1.37 bits per heavy atom. The Balaban J connectivity index is 2.43. The Bertz CT molecular complexity index is 572. The van der Waals surface area contributed by atoms with E-state index < -0.39 is 0 Å². The quantitative estimate of drug-likeness (QED) is 0.940. The van der Waals surface area contributed by atoms with Crippen molar-refractivity contribution in [3.63, 3.8) is 0 Å². The standard InChI is InChI=1S/C14H16BrN3O/c1-9(16)7-14-17-6-5-12(18-14)11-8-10(15)3-4-13(11)19-2/h3-6,8-9H,7,16H2,1-2H3. The molecule has 1 unspecified atom stereocenters. The molecule has 0 amide bonds. The van der Waals surface area contributed by atoms with Crippen molar-refractivity contribution in [1.82, 2.24) is 9.97 Å². The first-order valence-corrected chi connectivity index (χ1v) is 6.81. The summed E-state index contributed by atoms with van der Waals surface area (Å²) in [7, 11) is 1.65. The number of aromatic nitrogens is 2. The Morgan fingerprint density at radius 3 is 2.84 bits per heavy atom. The summed E-state index contributed by atoms with van der Waals surface area (Å²) in [4.78, 5) is 8.78. The highest BCUT2D eigenvalue weighted by Gasteiger charge is 2.10. The van der Waals surface area contributed by atoms with Crippen molar-refractivity contribution in [2.24, 2.45) is 5.73 Å². The van der Waals surface area contributed by atoms with E-state index in [0.29, 0.717) is 6.42 Å². The highest BCUT2D eigenvalue weighted by Crippen LogP contribution is 2.31. The van der Waals surface area contributed by atoms with E-state index in [4.69, 9.17) is 10.5 Å². The number of halogens is 1. The van der Waals surface area contributed by atoms with Crippen molar-refractivity contribution in [2.75, 3.05) is 7.11 Å². The molecule has 100 valence electrons. The molecule has 0 bridgehead atoms. The van der Waals surface area contributed by atoms with Gasteiger partial charge in [0.15, 0.2) is 0 Å². The molecule has 0 aliphatic carbocycles. The van der Waals surface area contributed by atoms with Gasteiger partial charge < -0.3 is 10.5 Å². The first kappa shape index (κ1) is 14.0. The molecule has 1 heterocycles. The predicted octanol–water partition coefficient (Wildman–Crippen LogP) is 2.80. The molecule has 2 rings (SSSR count). The van der Waals surface area contributed by atoms with Crippen molar-refractivity contribution >= 4 is 15.9 Å². The fourth-order valence-corrected chi connectivity index (χ4v) is 2.18. The van der Waals surface area contributed by atoms with E-state index in [0.717, 1.165) is 27.3 Å². The summed E-state index contributed by atoms with van der Waals surface area (Å²) in [6.45, 7) is 1.94. The highest BCUT2D eigenvalue weighted by molar-refractivity contribution is 9.10. The third-order valence-corrected chi connectivity index (χ3v) is 3.14. The van der Waals surface area contributed by atoms with Gasteiger partial charge in [-0.05, 0) is 31.2 Å². The monoisotopic (exact) mass is 321 g/mol. The fraction of sp³-hybridized carbons (Fsp3) is 0.286. The topological polar surface area (TPSA) is 61.0 Å². The van der Waals surface area contributed by atoms with Gasteiger partial charge in [0.2, 0.25) is 0 Å². The van der Waals surface area contributed by atoms with Gasteiger partial charge in [-0.3, -0.25) is 0 Å². The number of benzene rings is 1. The number of nitrogens with zero attached hydrogens (tertiary/aromatic N) is 2. The number of hydrogen-bond donors (Lipinski definition) is 1. The zero-order chi connectivity index (χ0) is 13.8. The molecule has 0 aliphatic rings. The maximum atomic E-state index is 5.78. The Labute approximate surface area is 121 Å². The van der Waals surface area contributed by atoms with Crippen LogP contribution in [0.1, 0.15) is 12.7 Å². The number of rotatable bonds is 4. The van der Waals surface area contributed by atoms with Crippen molar-refractivity contribution in [3.05, 3.63) is 40.8 Å². The Kier molecular flexibility index (Phi) is 4.50. The minimum atomic E-state index is 0.0413. The lowest BCUT2D eigenvalue weighted by molar-refractivity contribution is 0.416. The molecule has 2 N–H and O–H groups in total. The summed E-state index contributed by atoms with van der Waals surface area (Å²) in [5.74, 6) is 1.53. The molecular weight excluding hydrogens is 306 g/mol. The van der Waals surface area contributed by atoms with Gasteiger partial charge in [-0.2, -0.15) is 0 Å². The van der Waals surface area contributed by atoms with Crippen LogP contribution < -0.4 is 10.5 Å². The van der Waals surface area contributed by atoms with Crippen molar-refractivity contribution in [2.45, 2.75) is 19.4 Å². The van der Waals surface area contributed by atoms with Gasteiger partial charge in [0, 0.05) is 28.7 Å². The minimum absolute atomic E-state index is 0.0413. The van der Waals surface area contributed by atoms with Crippen LogP contribution in [0, 0.1) is 0 Å². The second-order valence-electron chi connectivity index (χ2n) is 4.38. The molecular formula is C14H16BrN3O. The molecule has 0 spiro atoms. The van der Waals surface area contributed by atoms with Gasteiger partial charge in [0.05, 0.1) is 12.8 Å². The molecule has 5 heteroatoms. The zero-order valence-electron chi connectivity index (χ0n) is 10.9. The first-order valence-electron chi connectivity index (χ1n) is 6.01. The van der Waals surface area contributed by atoms with Crippen LogP contribution in [0.3, 0.4) is 0 Å². The van der Waals surface area contributed by atoms with E-state index in [1.807, 2.05) is 31.2 Å². The maximum absolute atomic E-state index is 5.78. The smallest absolute Gasteiger partial charge is 0.130 e. The van der Waals surface area contributed by atoms with Crippen LogP contribution >= 0.6 is 15.9 Å². The number of nitrogens with two attached hydrogens (primary N) is 1. The van der Waals surface area contributed by atoms with E-state index in [-0.39, 0.29) is 6.04 Å². The molecule has 0 radical (unpaired) electrons. The fourth-order valence-electron chi connectivity index (χ4n) is 1.82. The van der Waals surface area contributed by atoms with E-state index >= 15 is 0 Å². The molecule has 1 atom stereocenters. The predicted molar refractivity (Wildman–Crippen MR) is 79.1 cm³/mol. The van der Waals surface area contributed by atoms with Crippen LogP contribution in [0.4, 0.5) is 0 Å². The molecule has 0 fully saturated rings. The number of methoxy groups -OCH3 is 1. The van der Waals surface area contributed by atoms with Crippen LogP contribution in [0.5, 0.6) is 5.75 Å². The second kappa shape index (κ2) is 6.12. The van der Waals surface area contributed by atoms with Gasteiger partial charge in [-0.1, -0.05) is 15.9 Å². The molecule has 1 aromatic carbocycles. The summed E-state index contributed by atoms with van der Waals surface area (Å²) >= 11 is 3.46. The van der Waals surface area contributed by atoms with Crippen molar-refractivity contribution in [3.8, 4) is 17.0 Å². The van der Waals surface area contributed by atoms with E-state index in [2.05, 4.69) is 25.9 Å². The first-order chi connectivity index (χ1) is 9.10. The average molecular weight is 322 g/mol. The van der Waals surface area contributed by atoms with Crippen LogP contribution in [0.25, 0.3) is 11.3 Å².